The fourth-order valence-corrected chi connectivity index (χ4v) is 4.79. The SMILES string of the molecule is C=C(C)C(=CC=C(C)C)c1nnc(N(C)C2CC(C)(C)NC(C)(C)C2)s1. The Balaban J connectivity index is 2.27. The third kappa shape index (κ3) is 5.27. The van der Waals surface area contributed by atoms with Crippen molar-refractivity contribution in [2.75, 3.05) is 11.9 Å². The molecule has 1 N–H and O–H groups in total. The van der Waals surface area contributed by atoms with E-state index in [2.05, 4.69) is 87.7 Å². The van der Waals surface area contributed by atoms with Gasteiger partial charge in [0, 0.05) is 29.7 Å². The van der Waals surface area contributed by atoms with Crippen molar-refractivity contribution in [3.05, 3.63) is 34.9 Å². The predicted molar refractivity (Wildman–Crippen MR) is 115 cm³/mol. The van der Waals surface area contributed by atoms with Gasteiger partial charge in [-0.3, -0.25) is 0 Å². The quantitative estimate of drug-likeness (QED) is 0.718. The number of hydrogen-bond acceptors (Lipinski definition) is 5. The summed E-state index contributed by atoms with van der Waals surface area (Å²) in [5, 5.41) is 14.6. The molecule has 1 fully saturated rings. The molecule has 0 aliphatic carbocycles. The summed E-state index contributed by atoms with van der Waals surface area (Å²) in [6.45, 7) is 19.4. The van der Waals surface area contributed by atoms with Crippen LogP contribution in [-0.4, -0.2) is 34.4 Å². The van der Waals surface area contributed by atoms with E-state index in [1.54, 1.807) is 11.3 Å². The average Bonchev–Trinajstić information content (AvgIpc) is 2.92. The Morgan fingerprint density at radius 3 is 2.19 bits per heavy atom. The number of rotatable bonds is 5. The average molecular weight is 375 g/mol. The van der Waals surface area contributed by atoms with Crippen LogP contribution >= 0.6 is 11.3 Å². The lowest BCUT2D eigenvalue weighted by Crippen LogP contribution is -2.61. The molecule has 1 aromatic rings. The highest BCUT2D eigenvalue weighted by atomic mass is 32.1. The second-order valence-electron chi connectivity index (χ2n) is 9.06. The van der Waals surface area contributed by atoms with Crippen LogP contribution in [0, 0.1) is 0 Å². The molecule has 1 aliphatic rings. The Labute approximate surface area is 163 Å². The van der Waals surface area contributed by atoms with Crippen LogP contribution in [0.15, 0.2) is 29.9 Å². The van der Waals surface area contributed by atoms with Crippen LogP contribution in [0.2, 0.25) is 0 Å². The van der Waals surface area contributed by atoms with Crippen LogP contribution < -0.4 is 10.2 Å². The lowest BCUT2D eigenvalue weighted by atomic mass is 9.79. The van der Waals surface area contributed by atoms with E-state index in [0.717, 1.165) is 34.1 Å². The van der Waals surface area contributed by atoms with Gasteiger partial charge in [0.25, 0.3) is 0 Å². The minimum absolute atomic E-state index is 0.112. The maximum absolute atomic E-state index is 4.49. The zero-order valence-electron chi connectivity index (χ0n) is 17.6. The summed E-state index contributed by atoms with van der Waals surface area (Å²) in [6.07, 6.45) is 6.37. The second kappa shape index (κ2) is 7.65. The molecule has 0 radical (unpaired) electrons. The van der Waals surface area contributed by atoms with Crippen molar-refractivity contribution in [2.45, 2.75) is 78.4 Å². The van der Waals surface area contributed by atoms with Gasteiger partial charge in [-0.1, -0.05) is 35.6 Å². The summed E-state index contributed by atoms with van der Waals surface area (Å²) in [6, 6.07) is 0.442. The first-order valence-corrected chi connectivity index (χ1v) is 10.1. The standard InChI is InChI=1S/C21H34N4S/c1-14(2)10-11-17(15(3)4)18-22-23-19(26-18)25(9)16-12-20(5,6)24-21(7,8)13-16/h10-11,16,24H,3,12-13H2,1-2,4-9H3. The normalized spacial score (nSPS) is 19.9. The number of hydrogen-bond donors (Lipinski definition) is 1. The molecule has 5 heteroatoms. The van der Waals surface area contributed by atoms with E-state index in [9.17, 15) is 0 Å². The fraction of sp³-hybridized carbons (Fsp3) is 0.619. The summed E-state index contributed by atoms with van der Waals surface area (Å²) in [7, 11) is 2.15. The first-order chi connectivity index (χ1) is 11.9. The minimum atomic E-state index is 0.112. The van der Waals surface area contributed by atoms with Crippen molar-refractivity contribution in [2.24, 2.45) is 0 Å². The molecule has 2 heterocycles. The van der Waals surface area contributed by atoms with Gasteiger partial charge in [0.2, 0.25) is 5.13 Å². The lowest BCUT2D eigenvalue weighted by molar-refractivity contribution is 0.161. The number of anilines is 1. The van der Waals surface area contributed by atoms with E-state index in [-0.39, 0.29) is 11.1 Å². The van der Waals surface area contributed by atoms with Gasteiger partial charge in [-0.25, -0.2) is 0 Å². The van der Waals surface area contributed by atoms with Crippen LogP contribution in [0.3, 0.4) is 0 Å². The third-order valence-electron chi connectivity index (χ3n) is 4.71. The van der Waals surface area contributed by atoms with Crippen LogP contribution in [0.5, 0.6) is 0 Å². The molecule has 0 bridgehead atoms. The first-order valence-electron chi connectivity index (χ1n) is 9.27. The van der Waals surface area contributed by atoms with E-state index in [4.69, 9.17) is 0 Å². The monoisotopic (exact) mass is 374 g/mol. The topological polar surface area (TPSA) is 41.1 Å². The van der Waals surface area contributed by atoms with Crippen LogP contribution in [0.25, 0.3) is 5.57 Å². The van der Waals surface area contributed by atoms with Crippen molar-refractivity contribution in [1.29, 1.82) is 0 Å². The largest absolute Gasteiger partial charge is 0.347 e. The second-order valence-corrected chi connectivity index (χ2v) is 10.0. The van der Waals surface area contributed by atoms with E-state index >= 15 is 0 Å². The van der Waals surface area contributed by atoms with Gasteiger partial charge in [-0.15, -0.1) is 10.2 Å². The minimum Gasteiger partial charge on any atom is -0.347 e. The molecule has 2 rings (SSSR count). The van der Waals surface area contributed by atoms with E-state index < -0.39 is 0 Å². The van der Waals surface area contributed by atoms with Gasteiger partial charge < -0.3 is 10.2 Å². The highest BCUT2D eigenvalue weighted by Gasteiger charge is 2.39. The Kier molecular flexibility index (Phi) is 6.13. The smallest absolute Gasteiger partial charge is 0.208 e. The third-order valence-corrected chi connectivity index (χ3v) is 5.75. The summed E-state index contributed by atoms with van der Waals surface area (Å²) < 4.78 is 0. The van der Waals surface area contributed by atoms with Crippen LogP contribution in [0.4, 0.5) is 5.13 Å². The van der Waals surface area contributed by atoms with Crippen molar-refractivity contribution in [1.82, 2.24) is 15.5 Å². The lowest BCUT2D eigenvalue weighted by Gasteiger charge is -2.48. The first kappa shape index (κ1) is 20.8. The van der Waals surface area contributed by atoms with E-state index in [1.165, 1.54) is 5.57 Å². The Morgan fingerprint density at radius 1 is 1.12 bits per heavy atom. The van der Waals surface area contributed by atoms with Gasteiger partial charge >= 0.3 is 0 Å². The van der Waals surface area contributed by atoms with Crippen molar-refractivity contribution in [3.63, 3.8) is 0 Å². The molecule has 0 amide bonds. The van der Waals surface area contributed by atoms with Crippen molar-refractivity contribution < 1.29 is 0 Å². The van der Waals surface area contributed by atoms with Gasteiger partial charge in [-0.05, 0) is 66.9 Å². The maximum atomic E-state index is 4.49. The molecule has 1 aliphatic heterocycles. The summed E-state index contributed by atoms with van der Waals surface area (Å²) in [5.74, 6) is 0. The summed E-state index contributed by atoms with van der Waals surface area (Å²) >= 11 is 1.65. The molecule has 0 saturated carbocycles. The predicted octanol–water partition coefficient (Wildman–Crippen LogP) is 5.21. The Morgan fingerprint density at radius 2 is 1.69 bits per heavy atom. The number of allylic oxidation sites excluding steroid dienone is 5. The number of aromatic nitrogens is 2. The van der Waals surface area contributed by atoms with Gasteiger partial charge in [0.15, 0.2) is 0 Å². The zero-order chi connectivity index (χ0) is 19.7. The molecular weight excluding hydrogens is 340 g/mol. The van der Waals surface area contributed by atoms with Gasteiger partial charge in [0.05, 0.1) is 0 Å². The molecule has 1 aromatic heterocycles. The van der Waals surface area contributed by atoms with Gasteiger partial charge in [-0.2, -0.15) is 0 Å². The zero-order valence-corrected chi connectivity index (χ0v) is 18.4. The Bertz CT molecular complexity index is 704. The molecule has 4 nitrogen and oxygen atoms in total. The molecule has 144 valence electrons. The van der Waals surface area contributed by atoms with Crippen molar-refractivity contribution in [3.8, 4) is 0 Å². The number of nitrogens with zero attached hydrogens (tertiary/aromatic N) is 3. The molecule has 26 heavy (non-hydrogen) atoms. The van der Waals surface area contributed by atoms with E-state index in [0.29, 0.717) is 6.04 Å². The highest BCUT2D eigenvalue weighted by molar-refractivity contribution is 7.16. The summed E-state index contributed by atoms with van der Waals surface area (Å²) in [5.41, 5.74) is 3.55. The Hall–Kier alpha value is -1.46. The highest BCUT2D eigenvalue weighted by Crippen LogP contribution is 2.35. The molecule has 1 saturated heterocycles. The number of piperidine rings is 1. The molecule has 0 spiro atoms. The molecule has 0 unspecified atom stereocenters. The van der Waals surface area contributed by atoms with Gasteiger partial charge in [0.1, 0.15) is 5.01 Å². The molecule has 0 atom stereocenters. The van der Waals surface area contributed by atoms with E-state index in [1.807, 2.05) is 6.92 Å². The maximum Gasteiger partial charge on any atom is 0.208 e. The molecular formula is C21H34N4S. The number of nitrogens with one attached hydrogen (secondary N) is 1. The summed E-state index contributed by atoms with van der Waals surface area (Å²) in [4.78, 5) is 2.31. The van der Waals surface area contributed by atoms with Crippen LogP contribution in [0.1, 0.15) is 66.3 Å². The van der Waals surface area contributed by atoms with Crippen LogP contribution in [-0.2, 0) is 0 Å². The fourth-order valence-electron chi connectivity index (χ4n) is 3.81. The van der Waals surface area contributed by atoms with Crippen molar-refractivity contribution >= 4 is 22.0 Å². The molecule has 0 aromatic carbocycles.